The zero-order valence-corrected chi connectivity index (χ0v) is 19.9. The molecular formula is C24H28N4O4S. The molecule has 0 N–H and O–H groups in total. The Morgan fingerprint density at radius 2 is 1.82 bits per heavy atom. The van der Waals surface area contributed by atoms with Gasteiger partial charge in [0.25, 0.3) is 11.8 Å². The quantitative estimate of drug-likeness (QED) is 0.588. The van der Waals surface area contributed by atoms with Crippen molar-refractivity contribution >= 4 is 33.4 Å². The van der Waals surface area contributed by atoms with Gasteiger partial charge in [-0.1, -0.05) is 26.0 Å². The largest absolute Gasteiger partial charge is 0.485 e. The number of fused-ring (bicyclic) bond motifs is 2. The van der Waals surface area contributed by atoms with Crippen LogP contribution in [0.4, 0.5) is 0 Å². The van der Waals surface area contributed by atoms with Crippen molar-refractivity contribution in [2.45, 2.75) is 33.4 Å². The number of amides is 2. The van der Waals surface area contributed by atoms with E-state index >= 15 is 0 Å². The summed E-state index contributed by atoms with van der Waals surface area (Å²) in [7, 11) is 0. The number of hydrogen-bond donors (Lipinski definition) is 0. The Hall–Kier alpha value is -3.07. The molecule has 2 amide bonds. The number of thiophene rings is 1. The van der Waals surface area contributed by atoms with Gasteiger partial charge in [-0.25, -0.2) is 0 Å². The van der Waals surface area contributed by atoms with Crippen LogP contribution in [0.15, 0.2) is 30.3 Å². The molecule has 1 fully saturated rings. The Labute approximate surface area is 196 Å². The number of carbonyl (C=O) groups is 2. The lowest BCUT2D eigenvalue weighted by Crippen LogP contribution is -2.55. The van der Waals surface area contributed by atoms with Gasteiger partial charge in [-0.15, -0.1) is 11.3 Å². The van der Waals surface area contributed by atoms with Crippen molar-refractivity contribution in [2.75, 3.05) is 32.8 Å². The van der Waals surface area contributed by atoms with Crippen LogP contribution in [0.1, 0.15) is 29.2 Å². The minimum Gasteiger partial charge on any atom is -0.485 e. The van der Waals surface area contributed by atoms with Crippen molar-refractivity contribution in [1.82, 2.24) is 19.6 Å². The van der Waals surface area contributed by atoms with Gasteiger partial charge >= 0.3 is 0 Å². The summed E-state index contributed by atoms with van der Waals surface area (Å²) in [6.07, 6.45) is -0.656. The first kappa shape index (κ1) is 21.8. The predicted molar refractivity (Wildman–Crippen MR) is 126 cm³/mol. The summed E-state index contributed by atoms with van der Waals surface area (Å²) in [5.41, 5.74) is 0.952. The number of hydrogen-bond acceptors (Lipinski definition) is 6. The molecule has 2 aliphatic rings. The fraction of sp³-hybridized carbons (Fsp3) is 0.458. The lowest BCUT2D eigenvalue weighted by atomic mass is 10.2. The zero-order chi connectivity index (χ0) is 23.1. The van der Waals surface area contributed by atoms with E-state index in [-0.39, 0.29) is 18.4 Å². The van der Waals surface area contributed by atoms with E-state index < -0.39 is 6.10 Å². The minimum atomic E-state index is -0.656. The van der Waals surface area contributed by atoms with E-state index in [4.69, 9.17) is 9.47 Å². The number of nitrogens with zero attached hydrogens (tertiary/aromatic N) is 4. The standard InChI is InChI=1S/C24H28N4O4S/c1-15(2)13-28-24-17(16(3)25-28)12-21(33-24)23(30)27-10-8-26(9-11-27)22(29)20-14-31-18-6-4-5-7-19(18)32-20/h4-7,12,15,20H,8-11,13-14H2,1-3H3/t20-/m0/s1. The van der Waals surface area contributed by atoms with Crippen LogP contribution in [0.25, 0.3) is 10.2 Å². The van der Waals surface area contributed by atoms with Gasteiger partial charge in [0.15, 0.2) is 11.5 Å². The lowest BCUT2D eigenvalue weighted by Gasteiger charge is -2.37. The second-order valence-electron chi connectivity index (χ2n) is 8.97. The molecule has 2 aliphatic heterocycles. The van der Waals surface area contributed by atoms with Crippen LogP contribution in [0.2, 0.25) is 0 Å². The number of aryl methyl sites for hydroxylation is 1. The van der Waals surface area contributed by atoms with E-state index in [1.165, 1.54) is 11.3 Å². The molecule has 5 rings (SSSR count). The van der Waals surface area contributed by atoms with Crippen LogP contribution in [-0.2, 0) is 11.3 Å². The van der Waals surface area contributed by atoms with Crippen LogP contribution in [0, 0.1) is 12.8 Å². The Balaban J connectivity index is 1.22. The molecule has 0 aliphatic carbocycles. The average Bonchev–Trinajstić information content (AvgIpc) is 3.38. The van der Waals surface area contributed by atoms with E-state index in [2.05, 4.69) is 18.9 Å². The molecule has 8 nitrogen and oxygen atoms in total. The van der Waals surface area contributed by atoms with Gasteiger partial charge < -0.3 is 19.3 Å². The normalized spacial score (nSPS) is 18.2. The lowest BCUT2D eigenvalue weighted by molar-refractivity contribution is -0.142. The fourth-order valence-electron chi connectivity index (χ4n) is 4.32. The van der Waals surface area contributed by atoms with Crippen molar-refractivity contribution in [3.63, 3.8) is 0 Å². The van der Waals surface area contributed by atoms with Crippen molar-refractivity contribution < 1.29 is 19.1 Å². The average molecular weight is 469 g/mol. The SMILES string of the molecule is Cc1nn(CC(C)C)c2sc(C(=O)N3CCN(C(=O)[C@@H]4COc5ccccc5O4)CC3)cc12. The van der Waals surface area contributed by atoms with Crippen LogP contribution in [0.5, 0.6) is 11.5 Å². The van der Waals surface area contributed by atoms with E-state index in [1.807, 2.05) is 40.8 Å². The summed E-state index contributed by atoms with van der Waals surface area (Å²) >= 11 is 1.50. The second-order valence-corrected chi connectivity index (χ2v) is 10.0. The molecule has 0 bridgehead atoms. The molecular weight excluding hydrogens is 440 g/mol. The molecule has 0 unspecified atom stereocenters. The van der Waals surface area contributed by atoms with E-state index in [9.17, 15) is 9.59 Å². The van der Waals surface area contributed by atoms with E-state index in [0.29, 0.717) is 43.6 Å². The van der Waals surface area contributed by atoms with Gasteiger partial charge in [0.1, 0.15) is 11.4 Å². The smallest absolute Gasteiger partial charge is 0.267 e. The first-order chi connectivity index (χ1) is 15.9. The highest BCUT2D eigenvalue weighted by Gasteiger charge is 2.34. The third-order valence-corrected chi connectivity index (χ3v) is 7.16. The summed E-state index contributed by atoms with van der Waals surface area (Å²) in [5.74, 6) is 1.65. The number of piperazine rings is 1. The van der Waals surface area contributed by atoms with Gasteiger partial charge in [-0.3, -0.25) is 14.3 Å². The number of benzene rings is 1. The third kappa shape index (κ3) is 4.17. The monoisotopic (exact) mass is 468 g/mol. The van der Waals surface area contributed by atoms with Gasteiger partial charge in [0.05, 0.1) is 10.6 Å². The molecule has 174 valence electrons. The molecule has 4 heterocycles. The number of para-hydroxylation sites is 2. The molecule has 2 aromatic heterocycles. The van der Waals surface area contributed by atoms with E-state index in [0.717, 1.165) is 27.3 Å². The molecule has 9 heteroatoms. The summed E-state index contributed by atoms with van der Waals surface area (Å²) in [4.78, 5) is 31.5. The minimum absolute atomic E-state index is 0.0185. The maximum atomic E-state index is 13.2. The summed E-state index contributed by atoms with van der Waals surface area (Å²) in [6.45, 7) is 9.30. The number of rotatable bonds is 4. The van der Waals surface area contributed by atoms with Crippen molar-refractivity contribution in [3.8, 4) is 11.5 Å². The van der Waals surface area contributed by atoms with Crippen molar-refractivity contribution in [3.05, 3.63) is 40.9 Å². The highest BCUT2D eigenvalue weighted by Crippen LogP contribution is 2.32. The van der Waals surface area contributed by atoms with Crippen LogP contribution >= 0.6 is 11.3 Å². The topological polar surface area (TPSA) is 76.9 Å². The zero-order valence-electron chi connectivity index (χ0n) is 19.1. The number of ether oxygens (including phenoxy) is 2. The Morgan fingerprint density at radius 1 is 1.12 bits per heavy atom. The van der Waals surface area contributed by atoms with Crippen LogP contribution < -0.4 is 9.47 Å². The summed E-state index contributed by atoms with van der Waals surface area (Å²) in [5, 5.41) is 5.68. The molecule has 1 atom stereocenters. The van der Waals surface area contributed by atoms with Gasteiger partial charge in [0.2, 0.25) is 6.10 Å². The Bertz CT molecular complexity index is 1190. The first-order valence-electron chi connectivity index (χ1n) is 11.3. The Kier molecular flexibility index (Phi) is 5.74. The molecule has 1 aromatic carbocycles. The molecule has 0 saturated carbocycles. The molecule has 3 aromatic rings. The van der Waals surface area contributed by atoms with E-state index in [1.54, 1.807) is 11.0 Å². The third-order valence-electron chi connectivity index (χ3n) is 6.02. The maximum Gasteiger partial charge on any atom is 0.267 e. The molecule has 1 saturated heterocycles. The van der Waals surface area contributed by atoms with Crippen LogP contribution in [-0.4, -0.2) is 70.3 Å². The fourth-order valence-corrected chi connectivity index (χ4v) is 5.46. The number of carbonyl (C=O) groups excluding carboxylic acids is 2. The second kappa shape index (κ2) is 8.70. The Morgan fingerprint density at radius 3 is 2.55 bits per heavy atom. The molecule has 0 spiro atoms. The van der Waals surface area contributed by atoms with Gasteiger partial charge in [0, 0.05) is 38.1 Å². The van der Waals surface area contributed by atoms with Crippen molar-refractivity contribution in [1.29, 1.82) is 0 Å². The van der Waals surface area contributed by atoms with Gasteiger partial charge in [-0.2, -0.15) is 5.10 Å². The highest BCUT2D eigenvalue weighted by atomic mass is 32.1. The number of aromatic nitrogens is 2. The van der Waals surface area contributed by atoms with Crippen molar-refractivity contribution in [2.24, 2.45) is 5.92 Å². The first-order valence-corrected chi connectivity index (χ1v) is 12.2. The molecule has 0 radical (unpaired) electrons. The van der Waals surface area contributed by atoms with Gasteiger partial charge in [-0.05, 0) is 31.0 Å². The maximum absolute atomic E-state index is 13.2. The predicted octanol–water partition coefficient (Wildman–Crippen LogP) is 3.19. The molecule has 33 heavy (non-hydrogen) atoms. The summed E-state index contributed by atoms with van der Waals surface area (Å²) in [6, 6.07) is 9.33. The highest BCUT2D eigenvalue weighted by molar-refractivity contribution is 7.20. The summed E-state index contributed by atoms with van der Waals surface area (Å²) < 4.78 is 13.6. The van der Waals surface area contributed by atoms with Crippen LogP contribution in [0.3, 0.4) is 0 Å².